The van der Waals surface area contributed by atoms with Gasteiger partial charge in [0.2, 0.25) is 0 Å². The van der Waals surface area contributed by atoms with Crippen LogP contribution in [0.3, 0.4) is 0 Å². The number of aromatic nitrogens is 3. The van der Waals surface area contributed by atoms with Crippen molar-refractivity contribution in [2.24, 2.45) is 0 Å². The average molecular weight is 267 g/mol. The standard InChI is InChI=1S/C15H17N5/c16-13-11-18-14-6-2-1-5-12(14)15(13)17-7-3-9-20-10-4-8-19-20/h1-2,4-6,8,10-11H,3,7,9,16H2,(H,17,18). The van der Waals surface area contributed by atoms with Crippen molar-refractivity contribution in [3.8, 4) is 0 Å². The van der Waals surface area contributed by atoms with Crippen LogP contribution < -0.4 is 11.1 Å². The highest BCUT2D eigenvalue weighted by atomic mass is 15.3. The van der Waals surface area contributed by atoms with E-state index >= 15 is 0 Å². The van der Waals surface area contributed by atoms with E-state index in [0.29, 0.717) is 5.69 Å². The van der Waals surface area contributed by atoms with E-state index in [1.54, 1.807) is 12.4 Å². The third kappa shape index (κ3) is 2.56. The summed E-state index contributed by atoms with van der Waals surface area (Å²) < 4.78 is 1.93. The van der Waals surface area contributed by atoms with E-state index in [4.69, 9.17) is 5.73 Å². The summed E-state index contributed by atoms with van der Waals surface area (Å²) in [5.41, 5.74) is 8.63. The van der Waals surface area contributed by atoms with Crippen LogP contribution in [0.4, 0.5) is 11.4 Å². The van der Waals surface area contributed by atoms with Crippen LogP contribution in [0.25, 0.3) is 10.9 Å². The van der Waals surface area contributed by atoms with Gasteiger partial charge in [0.25, 0.3) is 0 Å². The maximum Gasteiger partial charge on any atom is 0.0743 e. The molecular formula is C15H17N5. The number of hydrogen-bond donors (Lipinski definition) is 2. The molecule has 0 atom stereocenters. The summed E-state index contributed by atoms with van der Waals surface area (Å²) in [5, 5.41) is 8.66. The number of fused-ring (bicyclic) bond motifs is 1. The lowest BCUT2D eigenvalue weighted by molar-refractivity contribution is 0.592. The van der Waals surface area contributed by atoms with E-state index < -0.39 is 0 Å². The molecule has 5 nitrogen and oxygen atoms in total. The second-order valence-electron chi connectivity index (χ2n) is 4.66. The first-order valence-electron chi connectivity index (χ1n) is 6.69. The lowest BCUT2D eigenvalue weighted by atomic mass is 10.1. The molecule has 0 spiro atoms. The number of pyridine rings is 1. The van der Waals surface area contributed by atoms with Gasteiger partial charge in [-0.3, -0.25) is 9.67 Å². The summed E-state index contributed by atoms with van der Waals surface area (Å²) in [5.74, 6) is 0. The van der Waals surface area contributed by atoms with Gasteiger partial charge in [-0.2, -0.15) is 5.10 Å². The topological polar surface area (TPSA) is 68.8 Å². The van der Waals surface area contributed by atoms with Gasteiger partial charge in [0.1, 0.15) is 0 Å². The van der Waals surface area contributed by atoms with Crippen LogP contribution in [0, 0.1) is 0 Å². The first kappa shape index (κ1) is 12.5. The van der Waals surface area contributed by atoms with Crippen LogP contribution >= 0.6 is 0 Å². The van der Waals surface area contributed by atoms with Crippen molar-refractivity contribution in [2.75, 3.05) is 17.6 Å². The molecule has 3 rings (SSSR count). The van der Waals surface area contributed by atoms with Crippen molar-refractivity contribution in [2.45, 2.75) is 13.0 Å². The number of anilines is 2. The van der Waals surface area contributed by atoms with Gasteiger partial charge in [-0.05, 0) is 18.6 Å². The molecule has 0 bridgehead atoms. The van der Waals surface area contributed by atoms with Gasteiger partial charge >= 0.3 is 0 Å². The summed E-state index contributed by atoms with van der Waals surface area (Å²) in [6.45, 7) is 1.74. The molecule has 0 aliphatic heterocycles. The number of para-hydroxylation sites is 1. The number of nitrogen functional groups attached to an aromatic ring is 1. The van der Waals surface area contributed by atoms with Gasteiger partial charge < -0.3 is 11.1 Å². The molecular weight excluding hydrogens is 250 g/mol. The molecule has 2 heterocycles. The molecule has 0 aliphatic rings. The third-order valence-electron chi connectivity index (χ3n) is 3.23. The minimum Gasteiger partial charge on any atom is -0.396 e. The number of nitrogens with one attached hydrogen (secondary N) is 1. The molecule has 0 amide bonds. The smallest absolute Gasteiger partial charge is 0.0743 e. The average Bonchev–Trinajstić information content (AvgIpc) is 2.98. The Kier molecular flexibility index (Phi) is 3.50. The maximum atomic E-state index is 6.02. The van der Waals surface area contributed by atoms with E-state index in [9.17, 15) is 0 Å². The Balaban J connectivity index is 1.69. The van der Waals surface area contributed by atoms with Crippen LogP contribution in [-0.4, -0.2) is 21.3 Å². The molecule has 0 saturated heterocycles. The van der Waals surface area contributed by atoms with E-state index in [2.05, 4.69) is 15.4 Å². The van der Waals surface area contributed by atoms with Crippen LogP contribution in [0.15, 0.2) is 48.9 Å². The molecule has 5 heteroatoms. The zero-order valence-corrected chi connectivity index (χ0v) is 11.2. The highest BCUT2D eigenvalue weighted by Gasteiger charge is 2.05. The second kappa shape index (κ2) is 5.61. The van der Waals surface area contributed by atoms with Gasteiger partial charge in [-0.25, -0.2) is 0 Å². The van der Waals surface area contributed by atoms with Crippen molar-refractivity contribution in [3.63, 3.8) is 0 Å². The minimum atomic E-state index is 0.683. The lowest BCUT2D eigenvalue weighted by Crippen LogP contribution is -2.09. The number of rotatable bonds is 5. The van der Waals surface area contributed by atoms with Crippen molar-refractivity contribution in [1.29, 1.82) is 0 Å². The van der Waals surface area contributed by atoms with Crippen molar-refractivity contribution < 1.29 is 0 Å². The quantitative estimate of drug-likeness (QED) is 0.697. The Morgan fingerprint density at radius 2 is 2.10 bits per heavy atom. The summed E-state index contributed by atoms with van der Waals surface area (Å²) in [7, 11) is 0. The Morgan fingerprint density at radius 1 is 1.20 bits per heavy atom. The molecule has 3 N–H and O–H groups in total. The van der Waals surface area contributed by atoms with Gasteiger partial charge in [0.15, 0.2) is 0 Å². The Hall–Kier alpha value is -2.56. The van der Waals surface area contributed by atoms with Crippen molar-refractivity contribution >= 4 is 22.3 Å². The van der Waals surface area contributed by atoms with E-state index in [0.717, 1.165) is 36.1 Å². The monoisotopic (exact) mass is 267 g/mol. The summed E-state index contributed by atoms with van der Waals surface area (Å²) in [6, 6.07) is 9.94. The molecule has 0 saturated carbocycles. The Morgan fingerprint density at radius 3 is 2.95 bits per heavy atom. The third-order valence-corrected chi connectivity index (χ3v) is 3.23. The normalized spacial score (nSPS) is 10.8. The number of hydrogen-bond acceptors (Lipinski definition) is 4. The predicted molar refractivity (Wildman–Crippen MR) is 81.5 cm³/mol. The molecule has 3 aromatic rings. The fraction of sp³-hybridized carbons (Fsp3) is 0.200. The van der Waals surface area contributed by atoms with Crippen molar-refractivity contribution in [3.05, 3.63) is 48.9 Å². The molecule has 102 valence electrons. The van der Waals surface area contributed by atoms with Gasteiger partial charge in [0, 0.05) is 30.9 Å². The molecule has 20 heavy (non-hydrogen) atoms. The molecule has 0 aliphatic carbocycles. The number of nitrogens with zero attached hydrogens (tertiary/aromatic N) is 3. The van der Waals surface area contributed by atoms with Crippen LogP contribution in [0.1, 0.15) is 6.42 Å². The molecule has 1 aromatic carbocycles. The first-order valence-corrected chi connectivity index (χ1v) is 6.69. The zero-order valence-electron chi connectivity index (χ0n) is 11.2. The van der Waals surface area contributed by atoms with Gasteiger partial charge in [-0.1, -0.05) is 18.2 Å². The summed E-state index contributed by atoms with van der Waals surface area (Å²) in [4.78, 5) is 4.33. The lowest BCUT2D eigenvalue weighted by Gasteiger charge is -2.12. The highest BCUT2D eigenvalue weighted by Crippen LogP contribution is 2.27. The second-order valence-corrected chi connectivity index (χ2v) is 4.66. The fourth-order valence-electron chi connectivity index (χ4n) is 2.24. The van der Waals surface area contributed by atoms with Gasteiger partial charge in [-0.15, -0.1) is 0 Å². The predicted octanol–water partition coefficient (Wildman–Crippen LogP) is 2.52. The number of nitrogens with two attached hydrogens (primary N) is 1. The van der Waals surface area contributed by atoms with Crippen molar-refractivity contribution in [1.82, 2.24) is 14.8 Å². The SMILES string of the molecule is Nc1cnc2ccccc2c1NCCCn1cccn1. The fourth-order valence-corrected chi connectivity index (χ4v) is 2.24. The van der Waals surface area contributed by atoms with E-state index in [-0.39, 0.29) is 0 Å². The zero-order chi connectivity index (χ0) is 13.8. The molecule has 2 aromatic heterocycles. The highest BCUT2D eigenvalue weighted by molar-refractivity contribution is 5.96. The minimum absolute atomic E-state index is 0.683. The number of aryl methyl sites for hydroxylation is 1. The first-order chi connectivity index (χ1) is 9.84. The van der Waals surface area contributed by atoms with Gasteiger partial charge in [0.05, 0.1) is 23.1 Å². The largest absolute Gasteiger partial charge is 0.396 e. The number of benzene rings is 1. The van der Waals surface area contributed by atoms with Crippen LogP contribution in [0.5, 0.6) is 0 Å². The Bertz CT molecular complexity index is 691. The summed E-state index contributed by atoms with van der Waals surface area (Å²) >= 11 is 0. The molecule has 0 unspecified atom stereocenters. The van der Waals surface area contributed by atoms with Crippen LogP contribution in [-0.2, 0) is 6.54 Å². The molecule has 0 fully saturated rings. The van der Waals surface area contributed by atoms with E-state index in [1.807, 2.05) is 41.2 Å². The molecule has 0 radical (unpaired) electrons. The van der Waals surface area contributed by atoms with E-state index in [1.165, 1.54) is 0 Å². The summed E-state index contributed by atoms with van der Waals surface area (Å²) in [6.07, 6.45) is 6.45. The maximum absolute atomic E-state index is 6.02. The van der Waals surface area contributed by atoms with Crippen LogP contribution in [0.2, 0.25) is 0 Å². The Labute approximate surface area is 117 Å².